The number of benzene rings is 3. The van der Waals surface area contributed by atoms with Gasteiger partial charge in [-0.1, -0.05) is 18.2 Å². The number of amides is 2. The lowest BCUT2D eigenvalue weighted by molar-refractivity contribution is -0.115. The van der Waals surface area contributed by atoms with E-state index < -0.39 is 41.5 Å². The number of anilines is 1. The summed E-state index contributed by atoms with van der Waals surface area (Å²) in [6.45, 7) is -0.522. The lowest BCUT2D eigenvalue weighted by atomic mass is 10.0. The number of hydrogen-bond acceptors (Lipinski definition) is 4. The summed E-state index contributed by atoms with van der Waals surface area (Å²) in [5.74, 6) is -5.30. The zero-order valence-electron chi connectivity index (χ0n) is 17.9. The lowest BCUT2D eigenvalue weighted by Gasteiger charge is -2.12. The number of nitrogens with one attached hydrogen (secondary N) is 2. The molecule has 0 saturated carbocycles. The van der Waals surface area contributed by atoms with Crippen LogP contribution >= 0.6 is 0 Å². The number of hydrogen-bond donors (Lipinski definition) is 2. The molecule has 0 aliphatic rings. The van der Waals surface area contributed by atoms with Crippen molar-refractivity contribution in [1.82, 2.24) is 10.3 Å². The Kier molecular flexibility index (Phi) is 6.44. The van der Waals surface area contributed by atoms with E-state index in [-0.39, 0.29) is 5.56 Å². The number of para-hydroxylation sites is 1. The van der Waals surface area contributed by atoms with Crippen LogP contribution in [0, 0.1) is 17.5 Å². The molecule has 172 valence electrons. The third-order valence-electron chi connectivity index (χ3n) is 5.07. The molecule has 0 aliphatic carbocycles. The summed E-state index contributed by atoms with van der Waals surface area (Å²) in [5.41, 5.74) is 1.62. The Labute approximate surface area is 192 Å². The van der Waals surface area contributed by atoms with Gasteiger partial charge in [0, 0.05) is 10.9 Å². The fraction of sp³-hybridized carbons (Fsp3) is 0.0800. The third kappa shape index (κ3) is 4.68. The molecule has 0 fully saturated rings. The van der Waals surface area contributed by atoms with Gasteiger partial charge < -0.3 is 15.4 Å². The van der Waals surface area contributed by atoms with Crippen molar-refractivity contribution in [1.29, 1.82) is 0 Å². The number of pyridine rings is 1. The van der Waals surface area contributed by atoms with Crippen molar-refractivity contribution in [3.63, 3.8) is 0 Å². The van der Waals surface area contributed by atoms with E-state index in [0.717, 1.165) is 11.6 Å². The summed E-state index contributed by atoms with van der Waals surface area (Å²) >= 11 is 0. The number of fused-ring (bicyclic) bond motifs is 1. The van der Waals surface area contributed by atoms with Gasteiger partial charge in [-0.25, -0.2) is 18.2 Å². The molecule has 6 nitrogen and oxygen atoms in total. The Balaban J connectivity index is 1.56. The van der Waals surface area contributed by atoms with E-state index in [1.54, 1.807) is 61.7 Å². The van der Waals surface area contributed by atoms with E-state index in [4.69, 9.17) is 4.74 Å². The van der Waals surface area contributed by atoms with Crippen LogP contribution in [0.4, 0.5) is 18.9 Å². The van der Waals surface area contributed by atoms with Gasteiger partial charge in [-0.15, -0.1) is 0 Å². The van der Waals surface area contributed by atoms with Crippen LogP contribution < -0.4 is 15.4 Å². The standard InChI is InChI=1S/C25H18F3N3O3/c1-34-15-8-6-14(7-9-15)21-12-17(16-4-2-3-5-19(16)30-21)25(33)29-13-22(32)31-20-11-10-18(26)23(27)24(20)28/h2-12H,13H2,1H3,(H,29,33)(H,31,32). The largest absolute Gasteiger partial charge is 0.497 e. The van der Waals surface area contributed by atoms with Gasteiger partial charge in [0.2, 0.25) is 5.91 Å². The van der Waals surface area contributed by atoms with Crippen molar-refractivity contribution in [3.8, 4) is 17.0 Å². The number of carbonyl (C=O) groups is 2. The minimum Gasteiger partial charge on any atom is -0.497 e. The van der Waals surface area contributed by atoms with E-state index in [1.165, 1.54) is 0 Å². The Bertz CT molecular complexity index is 1390. The zero-order valence-corrected chi connectivity index (χ0v) is 17.9. The van der Waals surface area contributed by atoms with Crippen molar-refractivity contribution in [2.45, 2.75) is 0 Å². The van der Waals surface area contributed by atoms with Crippen LogP contribution in [0.5, 0.6) is 5.75 Å². The van der Waals surface area contributed by atoms with Gasteiger partial charge in [0.15, 0.2) is 17.5 Å². The van der Waals surface area contributed by atoms with Crippen LogP contribution in [0.3, 0.4) is 0 Å². The van der Waals surface area contributed by atoms with E-state index in [2.05, 4.69) is 15.6 Å². The molecular formula is C25H18F3N3O3. The first-order chi connectivity index (χ1) is 16.4. The first-order valence-corrected chi connectivity index (χ1v) is 10.1. The highest BCUT2D eigenvalue weighted by atomic mass is 19.2. The Morgan fingerprint density at radius 1 is 0.941 bits per heavy atom. The number of rotatable bonds is 6. The molecule has 1 aromatic heterocycles. The third-order valence-corrected chi connectivity index (χ3v) is 5.07. The average Bonchev–Trinajstić information content (AvgIpc) is 2.87. The Morgan fingerprint density at radius 2 is 1.68 bits per heavy atom. The van der Waals surface area contributed by atoms with Crippen molar-refractivity contribution in [2.24, 2.45) is 0 Å². The Hall–Kier alpha value is -4.40. The van der Waals surface area contributed by atoms with Crippen LogP contribution in [0.2, 0.25) is 0 Å². The number of halogens is 3. The highest BCUT2D eigenvalue weighted by molar-refractivity contribution is 6.08. The number of carbonyl (C=O) groups excluding carboxylic acids is 2. The minimum atomic E-state index is -1.70. The van der Waals surface area contributed by atoms with Gasteiger partial charge in [0.05, 0.1) is 36.1 Å². The quantitative estimate of drug-likeness (QED) is 0.405. The van der Waals surface area contributed by atoms with E-state index in [0.29, 0.717) is 28.4 Å². The highest BCUT2D eigenvalue weighted by Crippen LogP contribution is 2.26. The molecule has 0 radical (unpaired) electrons. The summed E-state index contributed by atoms with van der Waals surface area (Å²) in [6.07, 6.45) is 0. The number of methoxy groups -OCH3 is 1. The van der Waals surface area contributed by atoms with Gasteiger partial charge in [-0.3, -0.25) is 9.59 Å². The second kappa shape index (κ2) is 9.62. The minimum absolute atomic E-state index is 0.281. The Morgan fingerprint density at radius 3 is 2.41 bits per heavy atom. The first kappa shape index (κ1) is 22.8. The second-order valence-corrected chi connectivity index (χ2v) is 7.25. The molecule has 0 atom stereocenters. The molecule has 0 spiro atoms. The second-order valence-electron chi connectivity index (χ2n) is 7.25. The lowest BCUT2D eigenvalue weighted by Crippen LogP contribution is -2.33. The topological polar surface area (TPSA) is 80.3 Å². The number of nitrogens with zero attached hydrogens (tertiary/aromatic N) is 1. The van der Waals surface area contributed by atoms with Crippen LogP contribution in [-0.2, 0) is 4.79 Å². The predicted molar refractivity (Wildman–Crippen MR) is 121 cm³/mol. The molecule has 9 heteroatoms. The van der Waals surface area contributed by atoms with Crippen molar-refractivity contribution < 1.29 is 27.5 Å². The van der Waals surface area contributed by atoms with E-state index in [1.807, 2.05) is 0 Å². The maximum Gasteiger partial charge on any atom is 0.252 e. The normalized spacial score (nSPS) is 10.7. The fourth-order valence-corrected chi connectivity index (χ4v) is 3.35. The SMILES string of the molecule is COc1ccc(-c2cc(C(=O)NCC(=O)Nc3ccc(F)c(F)c3F)c3ccccc3n2)cc1. The van der Waals surface area contributed by atoms with Crippen LogP contribution in [0.1, 0.15) is 10.4 Å². The van der Waals surface area contributed by atoms with Crippen molar-refractivity contribution >= 4 is 28.4 Å². The molecule has 34 heavy (non-hydrogen) atoms. The molecule has 2 amide bonds. The van der Waals surface area contributed by atoms with Crippen molar-refractivity contribution in [2.75, 3.05) is 19.0 Å². The molecule has 4 aromatic rings. The summed E-state index contributed by atoms with van der Waals surface area (Å²) in [7, 11) is 1.56. The molecule has 0 saturated heterocycles. The van der Waals surface area contributed by atoms with Crippen molar-refractivity contribution in [3.05, 3.63) is 89.7 Å². The molecular weight excluding hydrogens is 447 g/mol. The summed E-state index contributed by atoms with van der Waals surface area (Å²) in [5, 5.41) is 5.15. The summed E-state index contributed by atoms with van der Waals surface area (Å²) in [4.78, 5) is 29.7. The van der Waals surface area contributed by atoms with Crippen LogP contribution in [-0.4, -0.2) is 30.5 Å². The molecule has 0 bridgehead atoms. The number of ether oxygens (including phenoxy) is 1. The van der Waals surface area contributed by atoms with Gasteiger partial charge >= 0.3 is 0 Å². The van der Waals surface area contributed by atoms with E-state index in [9.17, 15) is 22.8 Å². The zero-order chi connectivity index (χ0) is 24.2. The van der Waals surface area contributed by atoms with Gasteiger partial charge in [0.25, 0.3) is 5.91 Å². The average molecular weight is 465 g/mol. The predicted octanol–water partition coefficient (Wildman–Crippen LogP) is 4.70. The monoisotopic (exact) mass is 465 g/mol. The molecule has 0 aliphatic heterocycles. The molecule has 2 N–H and O–H groups in total. The summed E-state index contributed by atoms with van der Waals surface area (Å²) in [6, 6.07) is 17.4. The number of aromatic nitrogens is 1. The smallest absolute Gasteiger partial charge is 0.252 e. The van der Waals surface area contributed by atoms with Gasteiger partial charge in [-0.2, -0.15) is 0 Å². The summed E-state index contributed by atoms with van der Waals surface area (Å²) < 4.78 is 45.4. The molecule has 0 unspecified atom stereocenters. The maximum absolute atomic E-state index is 13.8. The molecule has 1 heterocycles. The van der Waals surface area contributed by atoms with E-state index >= 15 is 0 Å². The van der Waals surface area contributed by atoms with Gasteiger partial charge in [-0.05, 0) is 48.5 Å². The molecule has 3 aromatic carbocycles. The fourth-order valence-electron chi connectivity index (χ4n) is 3.35. The molecule has 4 rings (SSSR count). The first-order valence-electron chi connectivity index (χ1n) is 10.1. The van der Waals surface area contributed by atoms with Gasteiger partial charge in [0.1, 0.15) is 5.75 Å². The maximum atomic E-state index is 13.8. The van der Waals surface area contributed by atoms with Crippen LogP contribution in [0.15, 0.2) is 66.7 Å². The highest BCUT2D eigenvalue weighted by Gasteiger charge is 2.17. The van der Waals surface area contributed by atoms with Crippen LogP contribution in [0.25, 0.3) is 22.2 Å².